The molecule has 0 amide bonds. The Morgan fingerprint density at radius 2 is 1.69 bits per heavy atom. The number of methoxy groups -OCH3 is 1. The van der Waals surface area contributed by atoms with Crippen LogP contribution in [-0.2, 0) is 19.3 Å². The SMILES string of the molecule is COc1ccc2c(c1)CCC(c1c(C)cccc1NCCCc1ccc(OCCN3CCCCCC3)cc1)C2. The van der Waals surface area contributed by atoms with Crippen LogP contribution < -0.4 is 14.8 Å². The summed E-state index contributed by atoms with van der Waals surface area (Å²) in [4.78, 5) is 2.55. The molecule has 2 aliphatic rings. The molecule has 4 nitrogen and oxygen atoms in total. The fourth-order valence-corrected chi connectivity index (χ4v) is 6.40. The van der Waals surface area contributed by atoms with Gasteiger partial charge in [0.1, 0.15) is 18.1 Å². The summed E-state index contributed by atoms with van der Waals surface area (Å²) in [5, 5.41) is 3.79. The molecule has 0 aromatic heterocycles. The highest BCUT2D eigenvalue weighted by Gasteiger charge is 2.24. The largest absolute Gasteiger partial charge is 0.497 e. The van der Waals surface area contributed by atoms with Gasteiger partial charge >= 0.3 is 0 Å². The van der Waals surface area contributed by atoms with Gasteiger partial charge in [-0.1, -0.05) is 43.2 Å². The van der Waals surface area contributed by atoms with E-state index in [2.05, 4.69) is 77.8 Å². The Morgan fingerprint density at radius 3 is 2.49 bits per heavy atom. The highest BCUT2D eigenvalue weighted by atomic mass is 16.5. The van der Waals surface area contributed by atoms with Crippen LogP contribution in [0.25, 0.3) is 0 Å². The van der Waals surface area contributed by atoms with Gasteiger partial charge in [-0.25, -0.2) is 0 Å². The maximum absolute atomic E-state index is 6.04. The van der Waals surface area contributed by atoms with Crippen LogP contribution in [0.4, 0.5) is 5.69 Å². The number of ether oxygens (including phenoxy) is 2. The molecule has 39 heavy (non-hydrogen) atoms. The summed E-state index contributed by atoms with van der Waals surface area (Å²) in [5.74, 6) is 2.51. The summed E-state index contributed by atoms with van der Waals surface area (Å²) in [6.07, 6.45) is 11.0. The van der Waals surface area contributed by atoms with Crippen molar-refractivity contribution in [2.45, 2.75) is 70.6 Å². The molecule has 0 bridgehead atoms. The Kier molecular flexibility index (Phi) is 9.82. The van der Waals surface area contributed by atoms with Gasteiger partial charge in [-0.15, -0.1) is 0 Å². The third-order valence-electron chi connectivity index (χ3n) is 8.63. The lowest BCUT2D eigenvalue weighted by atomic mass is 9.78. The fourth-order valence-electron chi connectivity index (χ4n) is 6.40. The van der Waals surface area contributed by atoms with Crippen molar-refractivity contribution < 1.29 is 9.47 Å². The van der Waals surface area contributed by atoms with Crippen molar-refractivity contribution in [3.8, 4) is 11.5 Å². The zero-order valence-electron chi connectivity index (χ0n) is 24.0. The summed E-state index contributed by atoms with van der Waals surface area (Å²) < 4.78 is 11.5. The van der Waals surface area contributed by atoms with Crippen LogP contribution in [0.1, 0.15) is 72.3 Å². The smallest absolute Gasteiger partial charge is 0.119 e. The van der Waals surface area contributed by atoms with Crippen molar-refractivity contribution in [1.82, 2.24) is 4.90 Å². The van der Waals surface area contributed by atoms with Crippen molar-refractivity contribution in [3.05, 3.63) is 88.5 Å². The molecule has 1 unspecified atom stereocenters. The molecule has 1 aliphatic carbocycles. The predicted molar refractivity (Wildman–Crippen MR) is 163 cm³/mol. The fraction of sp³-hybridized carbons (Fsp3) is 0.486. The third-order valence-corrected chi connectivity index (χ3v) is 8.63. The Hall–Kier alpha value is -2.98. The lowest BCUT2D eigenvalue weighted by Crippen LogP contribution is -2.29. The second kappa shape index (κ2) is 13.9. The average molecular weight is 527 g/mol. The van der Waals surface area contributed by atoms with Gasteiger partial charge in [-0.3, -0.25) is 4.90 Å². The van der Waals surface area contributed by atoms with Crippen LogP contribution in [0.2, 0.25) is 0 Å². The number of rotatable bonds is 11. The van der Waals surface area contributed by atoms with Crippen molar-refractivity contribution in [2.24, 2.45) is 0 Å². The molecule has 0 radical (unpaired) electrons. The number of anilines is 1. The molecule has 1 heterocycles. The van der Waals surface area contributed by atoms with E-state index < -0.39 is 0 Å². The maximum atomic E-state index is 6.04. The molecule has 5 rings (SSSR count). The standard InChI is InChI=1S/C35H46N2O2/c1-27-9-7-11-34(35(27)31-15-14-30-26-33(38-2)19-16-29(30)25-31)36-20-8-10-28-12-17-32(18-13-28)39-24-23-37-21-5-3-4-6-22-37/h7,9,11-13,16-19,26,31,36H,3-6,8,10,14-15,20-25H2,1-2H3. The molecule has 0 spiro atoms. The molecule has 1 fully saturated rings. The molecule has 1 saturated heterocycles. The molecule has 0 saturated carbocycles. The number of nitrogens with one attached hydrogen (secondary N) is 1. The minimum atomic E-state index is 0.557. The van der Waals surface area contributed by atoms with Gasteiger partial charge in [0.05, 0.1) is 7.11 Å². The number of hydrogen-bond acceptors (Lipinski definition) is 4. The first kappa shape index (κ1) is 27.6. The van der Waals surface area contributed by atoms with E-state index in [0.29, 0.717) is 5.92 Å². The summed E-state index contributed by atoms with van der Waals surface area (Å²) in [5.41, 5.74) is 8.50. The van der Waals surface area contributed by atoms with Crippen LogP contribution in [0.3, 0.4) is 0 Å². The first-order valence-corrected chi connectivity index (χ1v) is 15.1. The van der Waals surface area contributed by atoms with Crippen molar-refractivity contribution in [2.75, 3.05) is 45.2 Å². The topological polar surface area (TPSA) is 33.7 Å². The lowest BCUT2D eigenvalue weighted by molar-refractivity contribution is 0.214. The first-order chi connectivity index (χ1) is 19.2. The van der Waals surface area contributed by atoms with Crippen LogP contribution in [-0.4, -0.2) is 44.8 Å². The van der Waals surface area contributed by atoms with Gasteiger partial charge in [0.25, 0.3) is 0 Å². The minimum Gasteiger partial charge on any atom is -0.497 e. The highest BCUT2D eigenvalue weighted by Crippen LogP contribution is 2.38. The Morgan fingerprint density at radius 1 is 0.897 bits per heavy atom. The van der Waals surface area contributed by atoms with Crippen LogP contribution >= 0.6 is 0 Å². The zero-order valence-corrected chi connectivity index (χ0v) is 24.0. The number of fused-ring (bicyclic) bond motifs is 1. The van der Waals surface area contributed by atoms with E-state index in [1.54, 1.807) is 7.11 Å². The number of nitrogens with zero attached hydrogens (tertiary/aromatic N) is 1. The molecule has 208 valence electrons. The highest BCUT2D eigenvalue weighted by molar-refractivity contribution is 5.57. The van der Waals surface area contributed by atoms with Gasteiger partial charge in [0.15, 0.2) is 0 Å². The minimum absolute atomic E-state index is 0.557. The molecular formula is C35H46N2O2. The molecule has 1 aliphatic heterocycles. The van der Waals surface area contributed by atoms with E-state index in [4.69, 9.17) is 9.47 Å². The van der Waals surface area contributed by atoms with Crippen LogP contribution in [0.5, 0.6) is 11.5 Å². The third kappa shape index (κ3) is 7.57. The molecular weight excluding hydrogens is 480 g/mol. The summed E-state index contributed by atoms with van der Waals surface area (Å²) in [7, 11) is 1.75. The number of hydrogen-bond donors (Lipinski definition) is 1. The Balaban J connectivity index is 1.09. The van der Waals surface area contributed by atoms with Gasteiger partial charge < -0.3 is 14.8 Å². The zero-order chi connectivity index (χ0) is 26.9. The molecule has 1 N–H and O–H groups in total. The first-order valence-electron chi connectivity index (χ1n) is 15.1. The van der Waals surface area contributed by atoms with Crippen molar-refractivity contribution in [1.29, 1.82) is 0 Å². The lowest BCUT2D eigenvalue weighted by Gasteiger charge is -2.28. The number of benzene rings is 3. The second-order valence-electron chi connectivity index (χ2n) is 11.4. The Labute approximate surface area is 235 Å². The molecule has 4 heteroatoms. The van der Waals surface area contributed by atoms with E-state index in [1.807, 2.05) is 0 Å². The molecule has 3 aromatic rings. The van der Waals surface area contributed by atoms with E-state index in [-0.39, 0.29) is 0 Å². The number of aryl methyl sites for hydroxylation is 3. The van der Waals surface area contributed by atoms with Gasteiger partial charge in [0, 0.05) is 18.8 Å². The summed E-state index contributed by atoms with van der Waals surface area (Å²) in [6.45, 7) is 7.52. The predicted octanol–water partition coefficient (Wildman–Crippen LogP) is 7.58. The van der Waals surface area contributed by atoms with Crippen molar-refractivity contribution in [3.63, 3.8) is 0 Å². The van der Waals surface area contributed by atoms with E-state index in [1.165, 1.54) is 78.7 Å². The van der Waals surface area contributed by atoms with E-state index in [9.17, 15) is 0 Å². The maximum Gasteiger partial charge on any atom is 0.119 e. The normalized spacial score (nSPS) is 17.7. The van der Waals surface area contributed by atoms with Gasteiger partial charge in [-0.05, 0) is 129 Å². The summed E-state index contributed by atoms with van der Waals surface area (Å²) >= 11 is 0. The Bertz CT molecular complexity index is 1180. The van der Waals surface area contributed by atoms with Crippen LogP contribution in [0, 0.1) is 6.92 Å². The van der Waals surface area contributed by atoms with Gasteiger partial charge in [-0.2, -0.15) is 0 Å². The molecule has 1 atom stereocenters. The summed E-state index contributed by atoms with van der Waals surface area (Å²) in [6, 6.07) is 22.0. The monoisotopic (exact) mass is 526 g/mol. The van der Waals surface area contributed by atoms with Crippen LogP contribution in [0.15, 0.2) is 60.7 Å². The second-order valence-corrected chi connectivity index (χ2v) is 11.4. The average Bonchev–Trinajstić information content (AvgIpc) is 3.24. The van der Waals surface area contributed by atoms with E-state index in [0.717, 1.165) is 56.9 Å². The van der Waals surface area contributed by atoms with Crippen molar-refractivity contribution >= 4 is 5.69 Å². The van der Waals surface area contributed by atoms with E-state index >= 15 is 0 Å². The quantitative estimate of drug-likeness (QED) is 0.261. The van der Waals surface area contributed by atoms with Gasteiger partial charge in [0.2, 0.25) is 0 Å². The number of likely N-dealkylation sites (tertiary alicyclic amines) is 1. The molecule has 3 aromatic carbocycles.